The Bertz CT molecular complexity index is 609. The first-order chi connectivity index (χ1) is 8.67. The van der Waals surface area contributed by atoms with Crippen molar-refractivity contribution in [3.8, 4) is 0 Å². The number of hydrogen-bond donors (Lipinski definition) is 2. The van der Waals surface area contributed by atoms with E-state index in [2.05, 4.69) is 10.2 Å². The molecule has 0 saturated heterocycles. The minimum atomic E-state index is -0.252. The van der Waals surface area contributed by atoms with Crippen LogP contribution in [-0.2, 0) is 13.2 Å². The molecule has 0 aliphatic rings. The van der Waals surface area contributed by atoms with Crippen LogP contribution >= 0.6 is 23.4 Å². The van der Waals surface area contributed by atoms with Crippen molar-refractivity contribution >= 4 is 23.4 Å². The van der Waals surface area contributed by atoms with Crippen LogP contribution in [-0.4, -0.2) is 19.9 Å². The summed E-state index contributed by atoms with van der Waals surface area (Å²) in [7, 11) is 0. The third-order valence-electron chi connectivity index (χ3n) is 2.45. The largest absolute Gasteiger partial charge is 0.392 e. The molecule has 2 N–H and O–H groups in total. The maximum Gasteiger partial charge on any atom is 0.343 e. The van der Waals surface area contributed by atoms with E-state index < -0.39 is 0 Å². The van der Waals surface area contributed by atoms with Gasteiger partial charge < -0.3 is 5.11 Å². The van der Waals surface area contributed by atoms with E-state index in [4.69, 9.17) is 11.6 Å². The molecule has 2 aromatic rings. The van der Waals surface area contributed by atoms with E-state index in [0.29, 0.717) is 22.3 Å². The summed E-state index contributed by atoms with van der Waals surface area (Å²) in [6, 6.07) is 5.30. The predicted octanol–water partition coefficient (Wildman–Crippen LogP) is 1.89. The van der Waals surface area contributed by atoms with Gasteiger partial charge in [-0.1, -0.05) is 23.7 Å². The molecule has 0 unspecified atom stereocenters. The van der Waals surface area contributed by atoms with E-state index in [-0.39, 0.29) is 12.3 Å². The molecular weight excluding hydrogens is 274 g/mol. The molecule has 1 heterocycles. The Morgan fingerprint density at radius 1 is 1.56 bits per heavy atom. The highest BCUT2D eigenvalue weighted by molar-refractivity contribution is 7.99. The van der Waals surface area contributed by atoms with Gasteiger partial charge in [0.25, 0.3) is 0 Å². The molecular formula is C11H12ClN3O2S. The fraction of sp³-hybridized carbons (Fsp3) is 0.273. The standard InChI is InChI=1S/C11H12ClN3O2S/c1-2-15-10(17)13-14-11(15)18-9-7(6-16)4-3-5-8(9)12/h3-5,16H,2,6H2,1H3,(H,13,17). The van der Waals surface area contributed by atoms with Gasteiger partial charge in [-0.25, -0.2) is 9.89 Å². The van der Waals surface area contributed by atoms with Crippen molar-refractivity contribution in [3.05, 3.63) is 39.3 Å². The summed E-state index contributed by atoms with van der Waals surface area (Å²) in [4.78, 5) is 12.2. The van der Waals surface area contributed by atoms with Crippen LogP contribution in [0.25, 0.3) is 0 Å². The number of nitrogens with one attached hydrogen (secondary N) is 1. The van der Waals surface area contributed by atoms with Gasteiger partial charge in [0.15, 0.2) is 5.16 Å². The highest BCUT2D eigenvalue weighted by Crippen LogP contribution is 2.34. The number of aromatic amines is 1. The molecule has 0 saturated carbocycles. The lowest BCUT2D eigenvalue weighted by atomic mass is 10.2. The first-order valence-electron chi connectivity index (χ1n) is 5.38. The van der Waals surface area contributed by atoms with Gasteiger partial charge in [0.2, 0.25) is 0 Å². The number of nitrogens with zero attached hydrogens (tertiary/aromatic N) is 2. The first-order valence-corrected chi connectivity index (χ1v) is 6.58. The zero-order valence-electron chi connectivity index (χ0n) is 9.68. The maximum absolute atomic E-state index is 11.4. The van der Waals surface area contributed by atoms with E-state index in [1.165, 1.54) is 16.3 Å². The Labute approximate surface area is 113 Å². The number of aromatic nitrogens is 3. The van der Waals surface area contributed by atoms with Crippen molar-refractivity contribution in [3.63, 3.8) is 0 Å². The van der Waals surface area contributed by atoms with Gasteiger partial charge in [0.05, 0.1) is 11.6 Å². The summed E-state index contributed by atoms with van der Waals surface area (Å²) in [5.74, 6) is 0. The van der Waals surface area contributed by atoms with E-state index >= 15 is 0 Å². The Morgan fingerprint density at radius 3 is 3.00 bits per heavy atom. The SMILES string of the molecule is CCn1c(Sc2c(Cl)cccc2CO)n[nH]c1=O. The molecule has 1 aromatic heterocycles. The molecule has 2 rings (SSSR count). The normalized spacial score (nSPS) is 10.8. The van der Waals surface area contributed by atoms with Crippen LogP contribution in [0.1, 0.15) is 12.5 Å². The molecule has 18 heavy (non-hydrogen) atoms. The summed E-state index contributed by atoms with van der Waals surface area (Å²) in [6.07, 6.45) is 0. The van der Waals surface area contributed by atoms with E-state index in [1.807, 2.05) is 6.92 Å². The van der Waals surface area contributed by atoms with E-state index in [9.17, 15) is 9.90 Å². The monoisotopic (exact) mass is 285 g/mol. The van der Waals surface area contributed by atoms with Gasteiger partial charge in [0, 0.05) is 11.4 Å². The second-order valence-corrected chi connectivity index (χ2v) is 4.93. The second kappa shape index (κ2) is 5.60. The van der Waals surface area contributed by atoms with Crippen LogP contribution in [0, 0.1) is 0 Å². The summed E-state index contributed by atoms with van der Waals surface area (Å²) in [5.41, 5.74) is 0.461. The lowest BCUT2D eigenvalue weighted by molar-refractivity contribution is 0.279. The molecule has 0 aliphatic heterocycles. The van der Waals surface area contributed by atoms with Crippen LogP contribution in [0.3, 0.4) is 0 Å². The van der Waals surface area contributed by atoms with Gasteiger partial charge in [-0.2, -0.15) is 0 Å². The zero-order chi connectivity index (χ0) is 13.1. The molecule has 0 radical (unpaired) electrons. The van der Waals surface area contributed by atoms with Crippen LogP contribution in [0.2, 0.25) is 5.02 Å². The lowest BCUT2D eigenvalue weighted by Gasteiger charge is -2.08. The van der Waals surface area contributed by atoms with Crippen molar-refractivity contribution in [1.29, 1.82) is 0 Å². The highest BCUT2D eigenvalue weighted by Gasteiger charge is 2.13. The Balaban J connectivity index is 2.42. The predicted molar refractivity (Wildman–Crippen MR) is 70.0 cm³/mol. The highest BCUT2D eigenvalue weighted by atomic mass is 35.5. The number of rotatable bonds is 4. The van der Waals surface area contributed by atoms with Crippen molar-refractivity contribution < 1.29 is 5.11 Å². The van der Waals surface area contributed by atoms with Crippen molar-refractivity contribution in [2.45, 2.75) is 30.1 Å². The fourth-order valence-electron chi connectivity index (χ4n) is 1.54. The minimum absolute atomic E-state index is 0.107. The first kappa shape index (κ1) is 13.2. The Morgan fingerprint density at radius 2 is 2.33 bits per heavy atom. The minimum Gasteiger partial charge on any atom is -0.392 e. The lowest BCUT2D eigenvalue weighted by Crippen LogP contribution is -2.16. The number of halogens is 1. The average Bonchev–Trinajstić information content (AvgIpc) is 2.72. The van der Waals surface area contributed by atoms with Crippen LogP contribution < -0.4 is 5.69 Å². The van der Waals surface area contributed by atoms with Gasteiger partial charge in [-0.05, 0) is 30.3 Å². The zero-order valence-corrected chi connectivity index (χ0v) is 11.3. The molecule has 0 fully saturated rings. The van der Waals surface area contributed by atoms with Crippen molar-refractivity contribution in [2.24, 2.45) is 0 Å². The molecule has 5 nitrogen and oxygen atoms in total. The molecule has 1 aromatic carbocycles. The number of hydrogen-bond acceptors (Lipinski definition) is 4. The molecule has 0 spiro atoms. The third kappa shape index (κ3) is 2.45. The van der Waals surface area contributed by atoms with Crippen molar-refractivity contribution in [1.82, 2.24) is 14.8 Å². The van der Waals surface area contributed by atoms with Crippen molar-refractivity contribution in [2.75, 3.05) is 0 Å². The average molecular weight is 286 g/mol. The summed E-state index contributed by atoms with van der Waals surface area (Å²) < 4.78 is 1.51. The molecule has 96 valence electrons. The van der Waals surface area contributed by atoms with Gasteiger partial charge in [-0.3, -0.25) is 4.57 Å². The maximum atomic E-state index is 11.4. The fourth-order valence-corrected chi connectivity index (χ4v) is 2.88. The van der Waals surface area contributed by atoms with Gasteiger partial charge in [0.1, 0.15) is 0 Å². The Kier molecular flexibility index (Phi) is 4.11. The quantitative estimate of drug-likeness (QED) is 0.900. The Hall–Kier alpha value is -1.24. The molecule has 0 atom stereocenters. The summed E-state index contributed by atoms with van der Waals surface area (Å²) in [6.45, 7) is 2.28. The number of H-pyrrole nitrogens is 1. The van der Waals surface area contributed by atoms with Crippen LogP contribution in [0.5, 0.6) is 0 Å². The van der Waals surface area contributed by atoms with Crippen LogP contribution in [0.15, 0.2) is 33.0 Å². The number of aliphatic hydroxyl groups excluding tert-OH is 1. The topological polar surface area (TPSA) is 70.9 Å². The number of benzene rings is 1. The molecule has 0 aliphatic carbocycles. The number of aliphatic hydroxyl groups is 1. The smallest absolute Gasteiger partial charge is 0.343 e. The van der Waals surface area contributed by atoms with Gasteiger partial charge in [-0.15, -0.1) is 5.10 Å². The van der Waals surface area contributed by atoms with E-state index in [1.54, 1.807) is 18.2 Å². The molecule has 0 amide bonds. The van der Waals surface area contributed by atoms with Crippen LogP contribution in [0.4, 0.5) is 0 Å². The van der Waals surface area contributed by atoms with E-state index in [0.717, 1.165) is 4.90 Å². The second-order valence-electron chi connectivity index (χ2n) is 3.54. The third-order valence-corrected chi connectivity index (χ3v) is 4.06. The molecule has 0 bridgehead atoms. The summed E-state index contributed by atoms with van der Waals surface area (Å²) >= 11 is 7.37. The molecule has 7 heteroatoms. The van der Waals surface area contributed by atoms with Gasteiger partial charge >= 0.3 is 5.69 Å². The summed E-state index contributed by atoms with van der Waals surface area (Å²) in [5, 5.41) is 16.7.